The zero-order valence-electron chi connectivity index (χ0n) is 11.0. The molecule has 100 valence electrons. The first-order valence-electron chi connectivity index (χ1n) is 6.94. The lowest BCUT2D eigenvalue weighted by atomic mass is 9.97. The van der Waals surface area contributed by atoms with E-state index in [0.717, 1.165) is 33.4 Å². The van der Waals surface area contributed by atoms with Gasteiger partial charge in [0.15, 0.2) is 11.6 Å². The standard InChI is InChI=1S/C18H10O2S/c19-15-11-7-3-1-5-9(11)13-14-10-6-2-4-8-12(10)16(20)18(14)21-17(13)15/h1-8,17-18H. The summed E-state index contributed by atoms with van der Waals surface area (Å²) < 4.78 is 0. The summed E-state index contributed by atoms with van der Waals surface area (Å²) in [4.78, 5) is 25.1. The Labute approximate surface area is 125 Å². The Bertz CT molecular complexity index is 807. The van der Waals surface area contributed by atoms with Gasteiger partial charge in [0, 0.05) is 11.1 Å². The van der Waals surface area contributed by atoms with Gasteiger partial charge >= 0.3 is 0 Å². The van der Waals surface area contributed by atoms with Crippen molar-refractivity contribution in [3.05, 3.63) is 70.8 Å². The third-order valence-corrected chi connectivity index (χ3v) is 5.97. The van der Waals surface area contributed by atoms with Crippen LogP contribution in [0.3, 0.4) is 0 Å². The van der Waals surface area contributed by atoms with Crippen LogP contribution < -0.4 is 0 Å². The molecular formula is C18H10O2S. The smallest absolute Gasteiger partial charge is 0.180 e. The monoisotopic (exact) mass is 290 g/mol. The summed E-state index contributed by atoms with van der Waals surface area (Å²) in [5.41, 5.74) is 5.78. The fourth-order valence-corrected chi connectivity index (χ4v) is 5.21. The molecule has 0 N–H and O–H groups in total. The molecule has 0 amide bonds. The minimum atomic E-state index is -0.195. The highest BCUT2D eigenvalue weighted by molar-refractivity contribution is 8.03. The molecule has 2 atom stereocenters. The fourth-order valence-electron chi connectivity index (χ4n) is 3.66. The van der Waals surface area contributed by atoms with Gasteiger partial charge in [-0.1, -0.05) is 48.5 Å². The molecule has 1 aliphatic heterocycles. The van der Waals surface area contributed by atoms with Crippen molar-refractivity contribution in [3.63, 3.8) is 0 Å². The number of carbonyl (C=O) groups is 2. The summed E-state index contributed by atoms with van der Waals surface area (Å²) in [5, 5.41) is -0.389. The van der Waals surface area contributed by atoms with Crippen molar-refractivity contribution in [1.82, 2.24) is 0 Å². The molecule has 0 fully saturated rings. The number of ketones is 2. The van der Waals surface area contributed by atoms with Crippen molar-refractivity contribution in [3.8, 4) is 0 Å². The third kappa shape index (κ3) is 1.26. The van der Waals surface area contributed by atoms with Crippen LogP contribution in [-0.2, 0) is 0 Å². The van der Waals surface area contributed by atoms with Crippen LogP contribution in [0.25, 0.3) is 11.1 Å². The van der Waals surface area contributed by atoms with Gasteiger partial charge in [-0.15, -0.1) is 11.8 Å². The molecule has 0 spiro atoms. The fraction of sp³-hybridized carbons (Fsp3) is 0.111. The normalized spacial score (nSPS) is 25.0. The lowest BCUT2D eigenvalue weighted by Crippen LogP contribution is -2.14. The maximum absolute atomic E-state index is 12.6. The molecule has 0 aromatic heterocycles. The van der Waals surface area contributed by atoms with Crippen molar-refractivity contribution in [2.75, 3.05) is 0 Å². The Morgan fingerprint density at radius 2 is 1.00 bits per heavy atom. The minimum Gasteiger partial charge on any atom is -0.293 e. The summed E-state index contributed by atoms with van der Waals surface area (Å²) in [6.45, 7) is 0. The highest BCUT2D eigenvalue weighted by atomic mass is 32.2. The van der Waals surface area contributed by atoms with E-state index in [0.29, 0.717) is 0 Å². The second kappa shape index (κ2) is 3.74. The maximum Gasteiger partial charge on any atom is 0.180 e. The quantitative estimate of drug-likeness (QED) is 0.745. The first-order valence-corrected chi connectivity index (χ1v) is 7.88. The highest BCUT2D eigenvalue weighted by Gasteiger charge is 2.51. The summed E-state index contributed by atoms with van der Waals surface area (Å²) in [7, 11) is 0. The number of fused-ring (bicyclic) bond motifs is 6. The highest BCUT2D eigenvalue weighted by Crippen LogP contribution is 2.57. The van der Waals surface area contributed by atoms with E-state index in [-0.39, 0.29) is 22.1 Å². The van der Waals surface area contributed by atoms with E-state index in [1.165, 1.54) is 11.8 Å². The predicted octanol–water partition coefficient (Wildman–Crippen LogP) is 3.47. The van der Waals surface area contributed by atoms with E-state index in [1.54, 1.807) is 0 Å². The van der Waals surface area contributed by atoms with E-state index in [1.807, 2.05) is 48.5 Å². The molecule has 2 aromatic carbocycles. The van der Waals surface area contributed by atoms with E-state index in [4.69, 9.17) is 0 Å². The number of carbonyl (C=O) groups excluding carboxylic acids is 2. The number of benzene rings is 2. The average Bonchev–Trinajstić information content (AvgIpc) is 3.12. The second-order valence-corrected chi connectivity index (χ2v) is 6.76. The summed E-state index contributed by atoms with van der Waals surface area (Å²) in [5.74, 6) is 0.301. The molecule has 2 nitrogen and oxygen atoms in total. The van der Waals surface area contributed by atoms with Gasteiger partial charge in [-0.25, -0.2) is 0 Å². The van der Waals surface area contributed by atoms with Crippen molar-refractivity contribution < 1.29 is 9.59 Å². The summed E-state index contributed by atoms with van der Waals surface area (Å²) in [6, 6.07) is 15.5. The maximum atomic E-state index is 12.6. The number of rotatable bonds is 0. The molecular weight excluding hydrogens is 280 g/mol. The van der Waals surface area contributed by atoms with Gasteiger partial charge in [0.1, 0.15) is 0 Å². The first kappa shape index (κ1) is 11.5. The molecule has 2 aromatic rings. The topological polar surface area (TPSA) is 34.1 Å². The molecule has 0 bridgehead atoms. The number of hydrogen-bond donors (Lipinski definition) is 0. The SMILES string of the molecule is O=C1c2ccccc2C2=C3c4ccccc4C(=O)C3SC12. The van der Waals surface area contributed by atoms with Crippen LogP contribution in [0, 0.1) is 0 Å². The molecule has 2 aliphatic carbocycles. The van der Waals surface area contributed by atoms with Crippen molar-refractivity contribution in [2.24, 2.45) is 0 Å². The molecule has 0 saturated heterocycles. The van der Waals surface area contributed by atoms with Gasteiger partial charge in [-0.3, -0.25) is 9.59 Å². The van der Waals surface area contributed by atoms with E-state index in [9.17, 15) is 9.59 Å². The van der Waals surface area contributed by atoms with E-state index < -0.39 is 0 Å². The number of hydrogen-bond acceptors (Lipinski definition) is 3. The van der Waals surface area contributed by atoms with Crippen LogP contribution in [0.4, 0.5) is 0 Å². The molecule has 21 heavy (non-hydrogen) atoms. The first-order chi connectivity index (χ1) is 10.3. The molecule has 5 rings (SSSR count). The Morgan fingerprint density at radius 3 is 1.43 bits per heavy atom. The van der Waals surface area contributed by atoms with Crippen LogP contribution in [0.2, 0.25) is 0 Å². The largest absolute Gasteiger partial charge is 0.293 e. The van der Waals surface area contributed by atoms with Crippen LogP contribution in [0.15, 0.2) is 48.5 Å². The lowest BCUT2D eigenvalue weighted by Gasteiger charge is -2.05. The second-order valence-electron chi connectivity index (χ2n) is 5.54. The summed E-state index contributed by atoms with van der Waals surface area (Å²) in [6.07, 6.45) is 0. The predicted molar refractivity (Wildman–Crippen MR) is 83.5 cm³/mol. The van der Waals surface area contributed by atoms with E-state index >= 15 is 0 Å². The zero-order valence-corrected chi connectivity index (χ0v) is 11.8. The van der Waals surface area contributed by atoms with Crippen molar-refractivity contribution in [2.45, 2.75) is 10.5 Å². The van der Waals surface area contributed by atoms with Crippen LogP contribution in [0.1, 0.15) is 31.8 Å². The van der Waals surface area contributed by atoms with Gasteiger partial charge in [-0.2, -0.15) is 0 Å². The Hall–Kier alpha value is -2.13. The molecule has 3 aliphatic rings. The Balaban J connectivity index is 1.88. The van der Waals surface area contributed by atoms with Crippen LogP contribution in [0.5, 0.6) is 0 Å². The van der Waals surface area contributed by atoms with Gasteiger partial charge in [0.2, 0.25) is 0 Å². The van der Waals surface area contributed by atoms with Gasteiger partial charge < -0.3 is 0 Å². The van der Waals surface area contributed by atoms with Gasteiger partial charge in [-0.05, 0) is 22.3 Å². The summed E-state index contributed by atoms with van der Waals surface area (Å²) >= 11 is 1.51. The molecule has 0 saturated carbocycles. The van der Waals surface area contributed by atoms with Gasteiger partial charge in [0.05, 0.1) is 10.5 Å². The lowest BCUT2D eigenvalue weighted by molar-refractivity contribution is 0.101. The van der Waals surface area contributed by atoms with E-state index in [2.05, 4.69) is 0 Å². The molecule has 0 radical (unpaired) electrons. The van der Waals surface area contributed by atoms with Crippen LogP contribution in [-0.4, -0.2) is 22.1 Å². The molecule has 1 heterocycles. The zero-order chi connectivity index (χ0) is 14.1. The van der Waals surface area contributed by atoms with Crippen LogP contribution >= 0.6 is 11.8 Å². The van der Waals surface area contributed by atoms with Crippen molar-refractivity contribution >= 4 is 34.5 Å². The number of Topliss-reactive ketones (excluding diaryl/α,β-unsaturated/α-hetero) is 2. The van der Waals surface area contributed by atoms with Crippen molar-refractivity contribution in [1.29, 1.82) is 0 Å². The average molecular weight is 290 g/mol. The number of thioether (sulfide) groups is 1. The Kier molecular flexibility index (Phi) is 2.05. The third-order valence-electron chi connectivity index (χ3n) is 4.53. The minimum absolute atomic E-state index is 0.151. The van der Waals surface area contributed by atoms with Gasteiger partial charge in [0.25, 0.3) is 0 Å². The Morgan fingerprint density at radius 1 is 0.619 bits per heavy atom. The molecule has 2 unspecified atom stereocenters. The molecule has 3 heteroatoms.